The van der Waals surface area contributed by atoms with Gasteiger partial charge in [0.1, 0.15) is 0 Å². The molecule has 2 heterocycles. The first-order valence-corrected chi connectivity index (χ1v) is 9.98. The molecule has 1 atom stereocenters. The van der Waals surface area contributed by atoms with Gasteiger partial charge in [0.2, 0.25) is 11.8 Å². The Morgan fingerprint density at radius 2 is 2.04 bits per heavy atom. The van der Waals surface area contributed by atoms with Crippen LogP contribution in [0.3, 0.4) is 0 Å². The van der Waals surface area contributed by atoms with E-state index in [4.69, 9.17) is 9.26 Å². The van der Waals surface area contributed by atoms with Crippen LogP contribution in [-0.2, 0) is 16.0 Å². The first kappa shape index (κ1) is 17.0. The minimum Gasteiger partial charge on any atom is -0.375 e. The van der Waals surface area contributed by atoms with Crippen molar-refractivity contribution in [1.82, 2.24) is 15.5 Å². The Morgan fingerprint density at radius 1 is 1.20 bits per heavy atom. The van der Waals surface area contributed by atoms with E-state index in [1.54, 1.807) is 0 Å². The topological polar surface area (TPSA) is 77.2 Å². The number of amides is 1. The molecule has 3 fully saturated rings. The van der Waals surface area contributed by atoms with Crippen LogP contribution in [0.5, 0.6) is 0 Å². The van der Waals surface area contributed by atoms with Crippen LogP contribution in [0, 0.1) is 0 Å². The van der Waals surface area contributed by atoms with Gasteiger partial charge in [0, 0.05) is 31.4 Å². The Bertz CT molecular complexity index is 585. The number of nitrogens with zero attached hydrogens (tertiary/aromatic N) is 2. The third-order valence-corrected chi connectivity index (χ3v) is 5.84. The molecule has 0 aromatic carbocycles. The van der Waals surface area contributed by atoms with Crippen LogP contribution in [0.4, 0.5) is 0 Å². The summed E-state index contributed by atoms with van der Waals surface area (Å²) in [4.78, 5) is 16.7. The Labute approximate surface area is 149 Å². The number of hydrogen-bond acceptors (Lipinski definition) is 5. The van der Waals surface area contributed by atoms with Crippen molar-refractivity contribution in [2.75, 3.05) is 6.61 Å². The number of rotatable bonds is 6. The minimum absolute atomic E-state index is 0.0391. The van der Waals surface area contributed by atoms with Crippen LogP contribution in [0.1, 0.15) is 88.3 Å². The van der Waals surface area contributed by atoms with E-state index in [0.29, 0.717) is 24.7 Å². The van der Waals surface area contributed by atoms with E-state index in [0.717, 1.165) is 44.5 Å². The van der Waals surface area contributed by atoms with Crippen LogP contribution in [0.25, 0.3) is 0 Å². The van der Waals surface area contributed by atoms with E-state index in [1.165, 1.54) is 32.1 Å². The number of aromatic nitrogens is 2. The van der Waals surface area contributed by atoms with E-state index < -0.39 is 0 Å². The Kier molecular flexibility index (Phi) is 5.06. The molecule has 6 nitrogen and oxygen atoms in total. The fourth-order valence-electron chi connectivity index (χ4n) is 4.27. The summed E-state index contributed by atoms with van der Waals surface area (Å²) in [6.07, 6.45) is 12.4. The normalized spacial score (nSPS) is 25.8. The number of carbonyl (C=O) groups excluding carboxylic acids is 1. The van der Waals surface area contributed by atoms with Crippen LogP contribution in [0.15, 0.2) is 4.52 Å². The van der Waals surface area contributed by atoms with Crippen LogP contribution < -0.4 is 5.32 Å². The van der Waals surface area contributed by atoms with Gasteiger partial charge in [0.05, 0.1) is 5.60 Å². The van der Waals surface area contributed by atoms with Gasteiger partial charge in [-0.3, -0.25) is 4.79 Å². The molecule has 1 aliphatic heterocycles. The first-order chi connectivity index (χ1) is 12.2. The van der Waals surface area contributed by atoms with Crippen molar-refractivity contribution in [3.05, 3.63) is 11.7 Å². The zero-order chi connectivity index (χ0) is 17.1. The van der Waals surface area contributed by atoms with Gasteiger partial charge in [-0.05, 0) is 44.9 Å². The van der Waals surface area contributed by atoms with Gasteiger partial charge in [0.15, 0.2) is 5.82 Å². The lowest BCUT2D eigenvalue weighted by atomic mass is 9.78. The van der Waals surface area contributed by atoms with Crippen molar-refractivity contribution < 1.29 is 14.1 Å². The second kappa shape index (κ2) is 7.44. The summed E-state index contributed by atoms with van der Waals surface area (Å²) >= 11 is 0. The molecule has 1 N–H and O–H groups in total. The largest absolute Gasteiger partial charge is 0.375 e. The van der Waals surface area contributed by atoms with Crippen molar-refractivity contribution in [1.29, 1.82) is 0 Å². The van der Waals surface area contributed by atoms with Crippen molar-refractivity contribution in [2.24, 2.45) is 0 Å². The lowest BCUT2D eigenvalue weighted by Crippen LogP contribution is -2.49. The SMILES string of the molecule is O=C(CCCc1nc(C2CC2)no1)NC1CCOC2(CCCCC2)C1. The highest BCUT2D eigenvalue weighted by Gasteiger charge is 2.38. The quantitative estimate of drug-likeness (QED) is 0.854. The zero-order valence-electron chi connectivity index (χ0n) is 15.0. The highest BCUT2D eigenvalue weighted by atomic mass is 16.5. The number of nitrogens with one attached hydrogen (secondary N) is 1. The number of hydrogen-bond donors (Lipinski definition) is 1. The van der Waals surface area contributed by atoms with Crippen molar-refractivity contribution in [2.45, 2.75) is 94.6 Å². The molecule has 0 radical (unpaired) electrons. The van der Waals surface area contributed by atoms with Gasteiger partial charge in [0.25, 0.3) is 0 Å². The van der Waals surface area contributed by atoms with Gasteiger partial charge < -0.3 is 14.6 Å². The Morgan fingerprint density at radius 3 is 2.84 bits per heavy atom. The third-order valence-electron chi connectivity index (χ3n) is 5.84. The monoisotopic (exact) mass is 347 g/mol. The number of aryl methyl sites for hydroxylation is 1. The smallest absolute Gasteiger partial charge is 0.226 e. The summed E-state index contributed by atoms with van der Waals surface area (Å²) in [5, 5.41) is 7.24. The molecule has 0 bridgehead atoms. The summed E-state index contributed by atoms with van der Waals surface area (Å²) in [6, 6.07) is 0.268. The van der Waals surface area contributed by atoms with Gasteiger partial charge in [-0.1, -0.05) is 24.4 Å². The van der Waals surface area contributed by atoms with Gasteiger partial charge in [-0.25, -0.2) is 0 Å². The zero-order valence-corrected chi connectivity index (χ0v) is 15.0. The van der Waals surface area contributed by atoms with E-state index in [-0.39, 0.29) is 17.6 Å². The second-order valence-corrected chi connectivity index (χ2v) is 8.02. The van der Waals surface area contributed by atoms with Crippen molar-refractivity contribution in [3.8, 4) is 0 Å². The van der Waals surface area contributed by atoms with Crippen LogP contribution >= 0.6 is 0 Å². The number of carbonyl (C=O) groups is 1. The van der Waals surface area contributed by atoms with Crippen molar-refractivity contribution >= 4 is 5.91 Å². The fourth-order valence-corrected chi connectivity index (χ4v) is 4.27. The van der Waals surface area contributed by atoms with Crippen LogP contribution in [-0.4, -0.2) is 34.3 Å². The highest BCUT2D eigenvalue weighted by molar-refractivity contribution is 5.76. The standard InChI is InChI=1S/C19H29N3O3/c23-16(5-4-6-17-21-18(22-25-17)14-7-8-14)20-15-9-12-24-19(13-15)10-2-1-3-11-19/h14-15H,1-13H2,(H,20,23). The molecule has 2 saturated carbocycles. The molecule has 1 unspecified atom stereocenters. The molecule has 2 aliphatic carbocycles. The van der Waals surface area contributed by atoms with E-state index >= 15 is 0 Å². The molecule has 1 aromatic heterocycles. The predicted molar refractivity (Wildman–Crippen MR) is 92.1 cm³/mol. The van der Waals surface area contributed by atoms with E-state index in [2.05, 4.69) is 15.5 Å². The lowest BCUT2D eigenvalue weighted by Gasteiger charge is -2.43. The Hall–Kier alpha value is -1.43. The minimum atomic E-state index is 0.0391. The molecule has 25 heavy (non-hydrogen) atoms. The Balaban J connectivity index is 1.19. The molecular weight excluding hydrogens is 318 g/mol. The van der Waals surface area contributed by atoms with E-state index in [9.17, 15) is 4.79 Å². The maximum Gasteiger partial charge on any atom is 0.226 e. The molecule has 138 valence electrons. The molecular formula is C19H29N3O3. The molecule has 6 heteroatoms. The average Bonchev–Trinajstić information content (AvgIpc) is 3.35. The predicted octanol–water partition coefficient (Wildman–Crippen LogP) is 3.27. The van der Waals surface area contributed by atoms with Gasteiger partial charge in [-0.2, -0.15) is 4.98 Å². The summed E-state index contributed by atoms with van der Waals surface area (Å²) in [5.74, 6) is 2.17. The summed E-state index contributed by atoms with van der Waals surface area (Å²) in [6.45, 7) is 0.775. The lowest BCUT2D eigenvalue weighted by molar-refractivity contribution is -0.128. The summed E-state index contributed by atoms with van der Waals surface area (Å²) < 4.78 is 11.4. The molecule has 1 spiro atoms. The fraction of sp³-hybridized carbons (Fsp3) is 0.842. The third kappa shape index (κ3) is 4.40. The average molecular weight is 347 g/mol. The van der Waals surface area contributed by atoms with Crippen molar-refractivity contribution in [3.63, 3.8) is 0 Å². The number of ether oxygens (including phenoxy) is 1. The van der Waals surface area contributed by atoms with Gasteiger partial charge >= 0.3 is 0 Å². The maximum absolute atomic E-state index is 12.3. The molecule has 1 saturated heterocycles. The van der Waals surface area contributed by atoms with E-state index in [1.807, 2.05) is 0 Å². The molecule has 1 amide bonds. The first-order valence-electron chi connectivity index (χ1n) is 9.98. The second-order valence-electron chi connectivity index (χ2n) is 8.02. The maximum atomic E-state index is 12.3. The molecule has 4 rings (SSSR count). The highest BCUT2D eigenvalue weighted by Crippen LogP contribution is 2.39. The summed E-state index contributed by atoms with van der Waals surface area (Å²) in [5.41, 5.74) is 0.0391. The van der Waals surface area contributed by atoms with Crippen LogP contribution in [0.2, 0.25) is 0 Å². The molecule has 1 aromatic rings. The summed E-state index contributed by atoms with van der Waals surface area (Å²) in [7, 11) is 0. The molecule has 3 aliphatic rings. The van der Waals surface area contributed by atoms with Gasteiger partial charge in [-0.15, -0.1) is 0 Å².